The fourth-order valence-corrected chi connectivity index (χ4v) is 5.19. The van der Waals surface area contributed by atoms with Crippen molar-refractivity contribution in [2.45, 2.75) is 78.3 Å². The molecule has 0 aliphatic heterocycles. The lowest BCUT2D eigenvalue weighted by Crippen LogP contribution is -2.52. The molecule has 4 N–H and O–H groups in total. The second-order valence-corrected chi connectivity index (χ2v) is 10.8. The number of fused-ring (bicyclic) bond motifs is 2. The summed E-state index contributed by atoms with van der Waals surface area (Å²) in [7, 11) is 0. The van der Waals surface area contributed by atoms with Gasteiger partial charge >= 0.3 is 0 Å². The lowest BCUT2D eigenvalue weighted by molar-refractivity contribution is -0.124. The minimum absolute atomic E-state index is 0.0207. The number of aromatic nitrogens is 2. The summed E-state index contributed by atoms with van der Waals surface area (Å²) in [6.45, 7) is 9.72. The zero-order valence-electron chi connectivity index (χ0n) is 21.0. The molecule has 9 nitrogen and oxygen atoms in total. The molecule has 0 spiro atoms. The van der Waals surface area contributed by atoms with E-state index in [0.717, 1.165) is 32.1 Å². The highest BCUT2D eigenvalue weighted by molar-refractivity contribution is 5.96. The zero-order valence-corrected chi connectivity index (χ0v) is 21.0. The van der Waals surface area contributed by atoms with Crippen molar-refractivity contribution in [1.82, 2.24) is 20.4 Å². The third-order valence-electron chi connectivity index (χ3n) is 6.72. The van der Waals surface area contributed by atoms with Crippen molar-refractivity contribution >= 4 is 23.9 Å². The molecule has 2 fully saturated rings. The van der Waals surface area contributed by atoms with Gasteiger partial charge in [-0.2, -0.15) is 5.10 Å². The first-order valence-electron chi connectivity index (χ1n) is 12.3. The van der Waals surface area contributed by atoms with Gasteiger partial charge in [-0.05, 0) is 63.4 Å². The van der Waals surface area contributed by atoms with Gasteiger partial charge in [-0.1, -0.05) is 20.3 Å². The summed E-state index contributed by atoms with van der Waals surface area (Å²) in [6, 6.07) is 0.0207. The molecule has 0 saturated heterocycles. The topological polar surface area (TPSA) is 128 Å². The number of hydrogen-bond donors (Lipinski definition) is 3. The van der Waals surface area contributed by atoms with E-state index in [2.05, 4.69) is 15.7 Å². The second kappa shape index (κ2) is 10.6. The van der Waals surface area contributed by atoms with Crippen molar-refractivity contribution in [3.05, 3.63) is 17.8 Å². The van der Waals surface area contributed by atoms with Gasteiger partial charge in [0.15, 0.2) is 0 Å². The largest absolute Gasteiger partial charge is 0.477 e. The number of amides is 3. The Morgan fingerprint density at radius 3 is 2.47 bits per heavy atom. The first kappa shape index (κ1) is 25.8. The van der Waals surface area contributed by atoms with Crippen LogP contribution in [0.2, 0.25) is 0 Å². The Hall–Kier alpha value is -2.84. The summed E-state index contributed by atoms with van der Waals surface area (Å²) in [6.07, 6.45) is 9.58. The average molecular weight is 474 g/mol. The molecule has 9 heteroatoms. The molecule has 0 radical (unpaired) electrons. The molecular weight excluding hydrogens is 434 g/mol. The van der Waals surface area contributed by atoms with Crippen LogP contribution in [0.15, 0.2) is 12.3 Å². The van der Waals surface area contributed by atoms with E-state index in [4.69, 9.17) is 10.5 Å². The Morgan fingerprint density at radius 1 is 1.26 bits per heavy atom. The average Bonchev–Trinajstić information content (AvgIpc) is 3.12. The van der Waals surface area contributed by atoms with Gasteiger partial charge in [0, 0.05) is 25.1 Å². The molecule has 1 aromatic rings. The molecule has 2 atom stereocenters. The Balaban J connectivity index is 1.80. The van der Waals surface area contributed by atoms with Crippen LogP contribution in [0, 0.1) is 23.7 Å². The summed E-state index contributed by atoms with van der Waals surface area (Å²) >= 11 is 0. The molecule has 2 unspecified atom stereocenters. The van der Waals surface area contributed by atoms with Crippen molar-refractivity contribution in [3.8, 4) is 5.88 Å². The SMILES string of the molecule is CC(=O)NC(C)(C)/C=C/n1ncc(C(=O)NC2C3CCCC2CC(C(N)=O)C3)c1OCC(C)C. The molecule has 1 heterocycles. The summed E-state index contributed by atoms with van der Waals surface area (Å²) in [4.78, 5) is 36.6. The molecule has 2 bridgehead atoms. The van der Waals surface area contributed by atoms with E-state index in [9.17, 15) is 14.4 Å². The number of hydrogen-bond acceptors (Lipinski definition) is 5. The molecule has 2 aliphatic rings. The number of primary amides is 1. The Bertz CT molecular complexity index is 922. The molecule has 0 aromatic carbocycles. The molecule has 1 aromatic heterocycles. The molecule has 3 amide bonds. The Kier molecular flexibility index (Phi) is 8.05. The number of nitrogens with two attached hydrogens (primary N) is 1. The van der Waals surface area contributed by atoms with Crippen molar-refractivity contribution in [3.63, 3.8) is 0 Å². The number of ether oxygens (including phenoxy) is 1. The van der Waals surface area contributed by atoms with E-state index in [0.29, 0.717) is 18.1 Å². The van der Waals surface area contributed by atoms with Crippen LogP contribution < -0.4 is 21.1 Å². The van der Waals surface area contributed by atoms with E-state index in [1.165, 1.54) is 17.8 Å². The van der Waals surface area contributed by atoms with Gasteiger partial charge in [-0.25, -0.2) is 4.68 Å². The van der Waals surface area contributed by atoms with E-state index in [1.54, 1.807) is 12.3 Å². The van der Waals surface area contributed by atoms with Gasteiger partial charge in [0.25, 0.3) is 5.91 Å². The van der Waals surface area contributed by atoms with Crippen LogP contribution in [0.5, 0.6) is 5.88 Å². The summed E-state index contributed by atoms with van der Waals surface area (Å²) in [5.41, 5.74) is 5.37. The van der Waals surface area contributed by atoms with Crippen LogP contribution in [0.4, 0.5) is 0 Å². The Labute approximate surface area is 201 Å². The normalized spacial score (nSPS) is 24.8. The summed E-state index contributed by atoms with van der Waals surface area (Å²) < 4.78 is 7.54. The molecule has 34 heavy (non-hydrogen) atoms. The van der Waals surface area contributed by atoms with Crippen molar-refractivity contribution in [2.75, 3.05) is 6.61 Å². The quantitative estimate of drug-likeness (QED) is 0.508. The van der Waals surface area contributed by atoms with Crippen molar-refractivity contribution < 1.29 is 19.1 Å². The van der Waals surface area contributed by atoms with Crippen LogP contribution in [-0.4, -0.2) is 45.7 Å². The van der Waals surface area contributed by atoms with Crippen LogP contribution in [-0.2, 0) is 9.59 Å². The number of carbonyl (C=O) groups is 3. The second-order valence-electron chi connectivity index (χ2n) is 10.8. The molecule has 2 saturated carbocycles. The monoisotopic (exact) mass is 473 g/mol. The fourth-order valence-electron chi connectivity index (χ4n) is 5.19. The van der Waals surface area contributed by atoms with Crippen LogP contribution in [0.25, 0.3) is 6.20 Å². The number of nitrogens with one attached hydrogen (secondary N) is 2. The fraction of sp³-hybridized carbons (Fsp3) is 0.680. The van der Waals surface area contributed by atoms with Crippen LogP contribution in [0.1, 0.15) is 77.1 Å². The van der Waals surface area contributed by atoms with Crippen molar-refractivity contribution in [1.29, 1.82) is 0 Å². The number of rotatable bonds is 9. The van der Waals surface area contributed by atoms with Gasteiger partial charge in [0.1, 0.15) is 5.56 Å². The minimum atomic E-state index is -0.591. The standard InChI is InChI=1S/C25H39N5O4/c1-15(2)14-34-24-20(13-27-30(24)10-9-25(4,5)29-16(3)31)23(33)28-21-17-7-6-8-18(21)12-19(11-17)22(26)32/h9-10,13,15,17-19,21H,6-8,11-12,14H2,1-5H3,(H2,26,32)(H,28,33)(H,29,31)/b10-9+. The van der Waals surface area contributed by atoms with Gasteiger partial charge in [-0.3, -0.25) is 14.4 Å². The van der Waals surface area contributed by atoms with Gasteiger partial charge in [0.05, 0.1) is 18.3 Å². The van der Waals surface area contributed by atoms with E-state index in [1.807, 2.05) is 27.7 Å². The molecule has 188 valence electrons. The first-order valence-corrected chi connectivity index (χ1v) is 12.3. The zero-order chi connectivity index (χ0) is 25.0. The van der Waals surface area contributed by atoms with Gasteiger partial charge in [-0.15, -0.1) is 0 Å². The predicted molar refractivity (Wildman–Crippen MR) is 130 cm³/mol. The van der Waals surface area contributed by atoms with Crippen molar-refractivity contribution in [2.24, 2.45) is 29.4 Å². The third kappa shape index (κ3) is 6.39. The van der Waals surface area contributed by atoms with Crippen LogP contribution >= 0.6 is 0 Å². The lowest BCUT2D eigenvalue weighted by Gasteiger charge is -2.45. The van der Waals surface area contributed by atoms with Gasteiger partial charge < -0.3 is 21.1 Å². The van der Waals surface area contributed by atoms with E-state index < -0.39 is 5.54 Å². The lowest BCUT2D eigenvalue weighted by atomic mass is 9.64. The number of nitrogens with zero attached hydrogens (tertiary/aromatic N) is 2. The minimum Gasteiger partial charge on any atom is -0.477 e. The maximum absolute atomic E-state index is 13.4. The molecule has 3 rings (SSSR count). The summed E-state index contributed by atoms with van der Waals surface area (Å²) in [5, 5.41) is 10.5. The van der Waals surface area contributed by atoms with E-state index in [-0.39, 0.29) is 47.4 Å². The molecular formula is C25H39N5O4. The number of carbonyl (C=O) groups excluding carboxylic acids is 3. The Morgan fingerprint density at radius 2 is 1.91 bits per heavy atom. The first-order chi connectivity index (χ1) is 16.0. The third-order valence-corrected chi connectivity index (χ3v) is 6.72. The highest BCUT2D eigenvalue weighted by atomic mass is 16.5. The maximum atomic E-state index is 13.4. The maximum Gasteiger partial charge on any atom is 0.258 e. The molecule has 2 aliphatic carbocycles. The highest BCUT2D eigenvalue weighted by Crippen LogP contribution is 2.43. The van der Waals surface area contributed by atoms with Crippen LogP contribution in [0.3, 0.4) is 0 Å². The smallest absolute Gasteiger partial charge is 0.258 e. The summed E-state index contributed by atoms with van der Waals surface area (Å²) in [5.74, 6) is 0.445. The predicted octanol–water partition coefficient (Wildman–Crippen LogP) is 2.71. The van der Waals surface area contributed by atoms with E-state index >= 15 is 0 Å². The highest BCUT2D eigenvalue weighted by Gasteiger charge is 2.43. The van der Waals surface area contributed by atoms with Gasteiger partial charge in [0.2, 0.25) is 17.7 Å².